The molecule has 0 radical (unpaired) electrons. The average Bonchev–Trinajstić information content (AvgIpc) is 2.04. The number of ether oxygens (including phenoxy) is 1. The minimum absolute atomic E-state index is 0.109. The van der Waals surface area contributed by atoms with Gasteiger partial charge in [-0.05, 0) is 12.8 Å². The third-order valence-corrected chi connectivity index (χ3v) is 3.15. The Morgan fingerprint density at radius 2 is 2.00 bits per heavy atom. The lowest BCUT2D eigenvalue weighted by atomic mass is 10.3. The molecule has 0 saturated heterocycles. The summed E-state index contributed by atoms with van der Waals surface area (Å²) in [6.45, 7) is 0.261. The molecule has 76 valence electrons. The molecule has 3 nitrogen and oxygen atoms in total. The highest BCUT2D eigenvalue weighted by molar-refractivity contribution is 7.96. The molecule has 0 bridgehead atoms. The van der Waals surface area contributed by atoms with Gasteiger partial charge in [0.15, 0.2) is 0 Å². The van der Waals surface area contributed by atoms with Gasteiger partial charge in [-0.15, -0.1) is 0 Å². The van der Waals surface area contributed by atoms with Gasteiger partial charge in [-0.1, -0.05) is 0 Å². The van der Waals surface area contributed by atoms with Crippen LogP contribution in [0.5, 0.6) is 0 Å². The smallest absolute Gasteiger partial charge is 0.500 e. The molecule has 1 heterocycles. The lowest BCUT2D eigenvalue weighted by Crippen LogP contribution is -2.26. The number of halogens is 3. The van der Waals surface area contributed by atoms with Gasteiger partial charge in [0.1, 0.15) is 0 Å². The van der Waals surface area contributed by atoms with Crippen LogP contribution >= 0.6 is 0 Å². The Labute approximate surface area is 73.1 Å². The molecular weight excluding hydrogens is 209 g/mol. The number of sulfone groups is 1. The highest BCUT2D eigenvalue weighted by Crippen LogP contribution is 2.32. The molecule has 0 saturated carbocycles. The van der Waals surface area contributed by atoms with E-state index < -0.39 is 20.3 Å². The van der Waals surface area contributed by atoms with Gasteiger partial charge in [-0.3, -0.25) is 0 Å². The van der Waals surface area contributed by atoms with E-state index in [4.69, 9.17) is 0 Å². The Morgan fingerprint density at radius 1 is 1.38 bits per heavy atom. The summed E-state index contributed by atoms with van der Waals surface area (Å²) in [6.07, 6.45) is 0.856. The topological polar surface area (TPSA) is 43.4 Å². The minimum Gasteiger partial charge on any atom is -0.500 e. The predicted molar refractivity (Wildman–Crippen MR) is 38.2 cm³/mol. The van der Waals surface area contributed by atoms with E-state index in [1.54, 1.807) is 0 Å². The van der Waals surface area contributed by atoms with Crippen molar-refractivity contribution in [2.24, 2.45) is 0 Å². The first kappa shape index (κ1) is 10.4. The maximum atomic E-state index is 11.9. The molecule has 0 N–H and O–H groups in total. The van der Waals surface area contributed by atoms with E-state index >= 15 is 0 Å². The summed E-state index contributed by atoms with van der Waals surface area (Å²) in [7, 11) is -5.16. The third-order valence-electron chi connectivity index (χ3n) is 1.55. The van der Waals surface area contributed by atoms with E-state index in [-0.39, 0.29) is 13.0 Å². The van der Waals surface area contributed by atoms with Crippen LogP contribution in [-0.4, -0.2) is 20.5 Å². The summed E-state index contributed by atoms with van der Waals surface area (Å²) in [5.41, 5.74) is -5.22. The highest BCUT2D eigenvalue weighted by atomic mass is 32.2. The van der Waals surface area contributed by atoms with Crippen LogP contribution in [0.25, 0.3) is 0 Å². The molecular formula is C6H7F3O3S. The first-order chi connectivity index (χ1) is 5.86. The quantitative estimate of drug-likeness (QED) is 0.668. The van der Waals surface area contributed by atoms with E-state index in [0.29, 0.717) is 12.7 Å². The molecule has 0 aromatic rings. The monoisotopic (exact) mass is 216 g/mol. The van der Waals surface area contributed by atoms with Crippen molar-refractivity contribution in [2.45, 2.75) is 18.3 Å². The van der Waals surface area contributed by atoms with Gasteiger partial charge in [0.2, 0.25) is 0 Å². The molecule has 1 aliphatic rings. The van der Waals surface area contributed by atoms with E-state index in [1.807, 2.05) is 0 Å². The van der Waals surface area contributed by atoms with Crippen molar-refractivity contribution in [2.75, 3.05) is 6.61 Å². The lowest BCUT2D eigenvalue weighted by Gasteiger charge is -2.15. The summed E-state index contributed by atoms with van der Waals surface area (Å²) in [5, 5.41) is 0. The molecule has 13 heavy (non-hydrogen) atoms. The molecule has 0 fully saturated rings. The zero-order chi connectivity index (χ0) is 10.1. The van der Waals surface area contributed by atoms with Crippen molar-refractivity contribution >= 4 is 9.84 Å². The summed E-state index contributed by atoms with van der Waals surface area (Å²) in [4.78, 5) is -0.689. The zero-order valence-corrected chi connectivity index (χ0v) is 7.28. The first-order valence-corrected chi connectivity index (χ1v) is 4.96. The van der Waals surface area contributed by atoms with Crippen LogP contribution < -0.4 is 0 Å². The largest absolute Gasteiger partial charge is 0.501 e. The Balaban J connectivity index is 3.00. The second-order valence-electron chi connectivity index (χ2n) is 2.51. The Kier molecular flexibility index (Phi) is 2.56. The third kappa shape index (κ3) is 1.96. The molecule has 0 unspecified atom stereocenters. The summed E-state index contributed by atoms with van der Waals surface area (Å²) < 4.78 is 61.8. The van der Waals surface area contributed by atoms with E-state index in [2.05, 4.69) is 4.74 Å². The molecule has 0 atom stereocenters. The van der Waals surface area contributed by atoms with Gasteiger partial charge in [-0.2, -0.15) is 13.2 Å². The molecule has 0 aliphatic carbocycles. The van der Waals surface area contributed by atoms with Crippen LogP contribution in [0.2, 0.25) is 0 Å². The van der Waals surface area contributed by atoms with Crippen molar-refractivity contribution in [1.82, 2.24) is 0 Å². The number of rotatable bonds is 1. The molecule has 7 heteroatoms. The molecule has 0 amide bonds. The van der Waals surface area contributed by atoms with Gasteiger partial charge in [0.25, 0.3) is 9.84 Å². The standard InChI is InChI=1S/C6H7F3O3S/c7-6(8,9)13(10,11)5-2-1-3-12-4-5/h4H,1-3H2. The second kappa shape index (κ2) is 3.21. The van der Waals surface area contributed by atoms with Gasteiger partial charge in [-0.25, -0.2) is 8.42 Å². The molecule has 0 spiro atoms. The summed E-state index contributed by atoms with van der Waals surface area (Å²) in [5.74, 6) is 0. The van der Waals surface area contributed by atoms with Gasteiger partial charge < -0.3 is 4.74 Å². The number of alkyl halides is 3. The van der Waals surface area contributed by atoms with Gasteiger partial charge in [0, 0.05) is 0 Å². The lowest BCUT2D eigenvalue weighted by molar-refractivity contribution is -0.0429. The Morgan fingerprint density at radius 3 is 2.38 bits per heavy atom. The highest BCUT2D eigenvalue weighted by Gasteiger charge is 2.48. The fraction of sp³-hybridized carbons (Fsp3) is 0.667. The SMILES string of the molecule is O=S(=O)(C1=COCCC1)C(F)(F)F. The number of allylic oxidation sites excluding steroid dienone is 1. The van der Waals surface area contributed by atoms with E-state index in [1.165, 1.54) is 0 Å². The van der Waals surface area contributed by atoms with Crippen molar-refractivity contribution < 1.29 is 26.3 Å². The van der Waals surface area contributed by atoms with E-state index in [0.717, 1.165) is 0 Å². The molecule has 1 aliphatic heterocycles. The molecule has 1 rings (SSSR count). The van der Waals surface area contributed by atoms with Crippen LogP contribution in [0.3, 0.4) is 0 Å². The fourth-order valence-corrected chi connectivity index (χ4v) is 1.79. The first-order valence-electron chi connectivity index (χ1n) is 3.48. The van der Waals surface area contributed by atoms with E-state index in [9.17, 15) is 21.6 Å². The summed E-state index contributed by atoms with van der Waals surface area (Å²) >= 11 is 0. The van der Waals surface area contributed by atoms with Crippen LogP contribution in [0.1, 0.15) is 12.8 Å². The number of hydrogen-bond acceptors (Lipinski definition) is 3. The maximum absolute atomic E-state index is 11.9. The van der Waals surface area contributed by atoms with Crippen LogP contribution in [0.4, 0.5) is 13.2 Å². The average molecular weight is 216 g/mol. The van der Waals surface area contributed by atoms with Crippen molar-refractivity contribution in [3.8, 4) is 0 Å². The molecule has 0 aromatic heterocycles. The summed E-state index contributed by atoms with van der Waals surface area (Å²) in [6, 6.07) is 0. The fourth-order valence-electron chi connectivity index (χ4n) is 0.887. The van der Waals surface area contributed by atoms with Crippen LogP contribution in [-0.2, 0) is 14.6 Å². The molecule has 0 aromatic carbocycles. The van der Waals surface area contributed by atoms with Crippen molar-refractivity contribution in [1.29, 1.82) is 0 Å². The Hall–Kier alpha value is -0.720. The number of hydrogen-bond donors (Lipinski definition) is 0. The Bertz CT molecular complexity index is 315. The second-order valence-corrected chi connectivity index (χ2v) is 4.50. The van der Waals surface area contributed by atoms with Crippen LogP contribution in [0.15, 0.2) is 11.2 Å². The zero-order valence-electron chi connectivity index (χ0n) is 6.47. The maximum Gasteiger partial charge on any atom is 0.501 e. The predicted octanol–water partition coefficient (Wildman–Crippen LogP) is 1.57. The van der Waals surface area contributed by atoms with Crippen molar-refractivity contribution in [3.63, 3.8) is 0 Å². The van der Waals surface area contributed by atoms with Gasteiger partial charge >= 0.3 is 5.51 Å². The minimum atomic E-state index is -5.22. The van der Waals surface area contributed by atoms with Crippen molar-refractivity contribution in [3.05, 3.63) is 11.2 Å². The van der Waals surface area contributed by atoms with Crippen LogP contribution in [0, 0.1) is 0 Å². The van der Waals surface area contributed by atoms with Gasteiger partial charge in [0.05, 0.1) is 17.8 Å². The normalized spacial score (nSPS) is 19.2.